The molecule has 2 aromatic rings. The average molecular weight is 406 g/mol. The molecule has 0 unspecified atom stereocenters. The minimum atomic E-state index is -0.463. The van der Waals surface area contributed by atoms with Crippen LogP contribution in [-0.2, 0) is 6.54 Å². The Bertz CT molecular complexity index is 804. The van der Waals surface area contributed by atoms with Crippen molar-refractivity contribution in [1.29, 1.82) is 0 Å². The number of rotatable bonds is 7. The maximum atomic E-state index is 13.0. The van der Waals surface area contributed by atoms with E-state index in [1.165, 1.54) is 25.1 Å². The molecule has 0 aliphatic carbocycles. The van der Waals surface area contributed by atoms with Crippen molar-refractivity contribution in [2.24, 2.45) is 0 Å². The zero-order valence-electron chi connectivity index (χ0n) is 15.6. The van der Waals surface area contributed by atoms with Crippen LogP contribution in [0.4, 0.5) is 5.69 Å². The molecule has 1 aliphatic rings. The lowest BCUT2D eigenvalue weighted by molar-refractivity contribution is -0.385. The summed E-state index contributed by atoms with van der Waals surface area (Å²) in [5.74, 6) is -0.249. The van der Waals surface area contributed by atoms with Gasteiger partial charge in [0.1, 0.15) is 5.69 Å². The second-order valence-corrected chi connectivity index (χ2v) is 7.35. The number of hydrogen-bond acceptors (Lipinski definition) is 5. The lowest BCUT2D eigenvalue weighted by atomic mass is 10.1. The summed E-state index contributed by atoms with van der Waals surface area (Å²) in [6.07, 6.45) is 6.30. The fraction of sp³-hybridized carbons (Fsp3) is 0.474. The van der Waals surface area contributed by atoms with Gasteiger partial charge in [-0.05, 0) is 38.1 Å². The normalized spacial score (nSPS) is 15.2. The Morgan fingerprint density at radius 1 is 1.25 bits per heavy atom. The summed E-state index contributed by atoms with van der Waals surface area (Å²) >= 11 is 6.24. The van der Waals surface area contributed by atoms with Crippen molar-refractivity contribution in [2.45, 2.75) is 32.2 Å². The first-order valence-electron chi connectivity index (χ1n) is 9.49. The molecule has 0 radical (unpaired) electrons. The zero-order chi connectivity index (χ0) is 19.9. The van der Waals surface area contributed by atoms with Crippen molar-refractivity contribution >= 4 is 23.2 Å². The largest absolute Gasteiger partial charge is 0.331 e. The number of hydrogen-bond donors (Lipinski definition) is 1. The number of nitrogens with zero attached hydrogens (tertiary/aromatic N) is 4. The van der Waals surface area contributed by atoms with Crippen molar-refractivity contribution in [3.05, 3.63) is 56.9 Å². The highest BCUT2D eigenvalue weighted by Gasteiger charge is 2.24. The molecule has 2 heterocycles. The van der Waals surface area contributed by atoms with Crippen LogP contribution in [0.2, 0.25) is 5.02 Å². The van der Waals surface area contributed by atoms with E-state index in [4.69, 9.17) is 11.6 Å². The third-order valence-electron chi connectivity index (χ3n) is 5.04. The molecule has 1 aromatic heterocycles. The van der Waals surface area contributed by atoms with E-state index < -0.39 is 4.92 Å². The number of nitrogens with one attached hydrogen (secondary N) is 1. The van der Waals surface area contributed by atoms with Gasteiger partial charge in [-0.25, -0.2) is 0 Å². The summed E-state index contributed by atoms with van der Waals surface area (Å²) in [5.41, 5.74) is 0.619. The molecule has 1 aliphatic heterocycles. The van der Waals surface area contributed by atoms with Gasteiger partial charge in [-0.2, -0.15) is 5.10 Å². The molecule has 3 rings (SSSR count). The SMILES string of the molecule is O=C(c1ccn[nH]1)N(CCN1CCCCCC1)Cc1c(Cl)cccc1[N+](=O)[O-]. The van der Waals surface area contributed by atoms with Crippen molar-refractivity contribution in [3.8, 4) is 0 Å². The van der Waals surface area contributed by atoms with Gasteiger partial charge in [-0.3, -0.25) is 20.0 Å². The number of carbonyl (C=O) groups excluding carboxylic acids is 1. The molecule has 1 N–H and O–H groups in total. The van der Waals surface area contributed by atoms with Gasteiger partial charge >= 0.3 is 0 Å². The van der Waals surface area contributed by atoms with E-state index in [2.05, 4.69) is 15.1 Å². The minimum absolute atomic E-state index is 0.0711. The van der Waals surface area contributed by atoms with E-state index in [-0.39, 0.29) is 23.2 Å². The van der Waals surface area contributed by atoms with Gasteiger partial charge in [-0.1, -0.05) is 30.5 Å². The number of carbonyl (C=O) groups is 1. The second kappa shape index (κ2) is 9.66. The van der Waals surface area contributed by atoms with Crippen LogP contribution >= 0.6 is 11.6 Å². The highest BCUT2D eigenvalue weighted by molar-refractivity contribution is 6.31. The van der Waals surface area contributed by atoms with Crippen molar-refractivity contribution in [1.82, 2.24) is 20.0 Å². The summed E-state index contributed by atoms with van der Waals surface area (Å²) in [4.78, 5) is 27.9. The Hall–Kier alpha value is -2.45. The van der Waals surface area contributed by atoms with Crippen molar-refractivity contribution in [2.75, 3.05) is 26.2 Å². The molecule has 1 fully saturated rings. The molecular weight excluding hydrogens is 382 g/mol. The molecule has 1 amide bonds. The van der Waals surface area contributed by atoms with Crippen LogP contribution in [0.5, 0.6) is 0 Å². The Labute approximate surface area is 168 Å². The van der Waals surface area contributed by atoms with Gasteiger partial charge in [0.15, 0.2) is 0 Å². The molecule has 0 bridgehead atoms. The standard InChI is InChI=1S/C19H24ClN5O3/c20-16-6-5-7-18(25(27)28)15(16)14-24(19(26)17-8-9-21-22-17)13-12-23-10-3-1-2-4-11-23/h5-9H,1-4,10-14H2,(H,21,22). The number of amides is 1. The van der Waals surface area contributed by atoms with Crippen LogP contribution in [0.15, 0.2) is 30.5 Å². The highest BCUT2D eigenvalue weighted by atomic mass is 35.5. The zero-order valence-corrected chi connectivity index (χ0v) is 16.4. The molecule has 150 valence electrons. The van der Waals surface area contributed by atoms with E-state index in [1.807, 2.05) is 0 Å². The Morgan fingerprint density at radius 2 is 2.00 bits per heavy atom. The molecule has 0 saturated carbocycles. The second-order valence-electron chi connectivity index (χ2n) is 6.95. The van der Waals surface area contributed by atoms with Crippen molar-refractivity contribution in [3.63, 3.8) is 0 Å². The summed E-state index contributed by atoms with van der Waals surface area (Å²) in [6, 6.07) is 6.16. The van der Waals surface area contributed by atoms with Gasteiger partial charge < -0.3 is 9.80 Å². The van der Waals surface area contributed by atoms with E-state index in [1.54, 1.807) is 23.1 Å². The number of nitro benzene ring substituents is 1. The summed E-state index contributed by atoms with van der Waals surface area (Å²) in [6.45, 7) is 3.27. The van der Waals surface area contributed by atoms with E-state index >= 15 is 0 Å². The van der Waals surface area contributed by atoms with Crippen LogP contribution in [0.3, 0.4) is 0 Å². The first kappa shape index (κ1) is 20.3. The quantitative estimate of drug-likeness (QED) is 0.562. The predicted molar refractivity (Wildman–Crippen MR) is 106 cm³/mol. The molecule has 9 heteroatoms. The fourth-order valence-corrected chi connectivity index (χ4v) is 3.71. The topological polar surface area (TPSA) is 95.4 Å². The van der Waals surface area contributed by atoms with Crippen LogP contribution < -0.4 is 0 Å². The number of benzene rings is 1. The fourth-order valence-electron chi connectivity index (χ4n) is 3.49. The highest BCUT2D eigenvalue weighted by Crippen LogP contribution is 2.28. The molecule has 1 aromatic carbocycles. The first-order valence-corrected chi connectivity index (χ1v) is 9.87. The van der Waals surface area contributed by atoms with Crippen molar-refractivity contribution < 1.29 is 9.72 Å². The average Bonchev–Trinajstić information content (AvgIpc) is 3.09. The lowest BCUT2D eigenvalue weighted by Crippen LogP contribution is -2.39. The minimum Gasteiger partial charge on any atom is -0.331 e. The number of nitro groups is 1. The Morgan fingerprint density at radius 3 is 2.64 bits per heavy atom. The van der Waals surface area contributed by atoms with Gasteiger partial charge in [0.25, 0.3) is 11.6 Å². The van der Waals surface area contributed by atoms with E-state index in [0.717, 1.165) is 32.5 Å². The van der Waals surface area contributed by atoms with Crippen LogP contribution in [0, 0.1) is 10.1 Å². The van der Waals surface area contributed by atoms with Gasteiger partial charge in [0, 0.05) is 25.4 Å². The smallest absolute Gasteiger partial charge is 0.275 e. The monoisotopic (exact) mass is 405 g/mol. The van der Waals surface area contributed by atoms with Gasteiger partial charge in [0.2, 0.25) is 0 Å². The van der Waals surface area contributed by atoms with Crippen LogP contribution in [0.25, 0.3) is 0 Å². The Balaban J connectivity index is 1.80. The van der Waals surface area contributed by atoms with Crippen LogP contribution in [0.1, 0.15) is 41.7 Å². The maximum absolute atomic E-state index is 13.0. The summed E-state index contributed by atoms with van der Waals surface area (Å²) in [7, 11) is 0. The maximum Gasteiger partial charge on any atom is 0.275 e. The van der Waals surface area contributed by atoms with Gasteiger partial charge in [-0.15, -0.1) is 0 Å². The molecule has 8 nitrogen and oxygen atoms in total. The van der Waals surface area contributed by atoms with E-state index in [0.29, 0.717) is 17.8 Å². The predicted octanol–water partition coefficient (Wildman–Crippen LogP) is 3.49. The number of likely N-dealkylation sites (tertiary alicyclic amines) is 1. The lowest BCUT2D eigenvalue weighted by Gasteiger charge is -2.27. The number of aromatic nitrogens is 2. The molecule has 1 saturated heterocycles. The molecule has 28 heavy (non-hydrogen) atoms. The molecular formula is C19H24ClN5O3. The summed E-state index contributed by atoms with van der Waals surface area (Å²) in [5, 5.41) is 18.2. The molecule has 0 atom stereocenters. The molecule has 0 spiro atoms. The number of halogens is 1. The third kappa shape index (κ3) is 5.08. The van der Waals surface area contributed by atoms with Crippen LogP contribution in [-0.4, -0.2) is 57.0 Å². The number of H-pyrrole nitrogens is 1. The number of aromatic amines is 1. The first-order chi connectivity index (χ1) is 13.6. The summed E-state index contributed by atoms with van der Waals surface area (Å²) < 4.78 is 0. The van der Waals surface area contributed by atoms with Gasteiger partial charge in [0.05, 0.1) is 22.1 Å². The Kier molecular flexibility index (Phi) is 7.00. The third-order valence-corrected chi connectivity index (χ3v) is 5.40. The van der Waals surface area contributed by atoms with E-state index in [9.17, 15) is 14.9 Å².